The SMILES string of the molecule is NCC1CCC(C(=O)N2CCCC2C(=O)O)O1. The minimum Gasteiger partial charge on any atom is -0.480 e. The zero-order valence-electron chi connectivity index (χ0n) is 9.67. The van der Waals surface area contributed by atoms with E-state index in [1.165, 1.54) is 4.90 Å². The summed E-state index contributed by atoms with van der Waals surface area (Å²) in [5, 5.41) is 9.02. The van der Waals surface area contributed by atoms with Crippen LogP contribution >= 0.6 is 0 Å². The van der Waals surface area contributed by atoms with E-state index in [9.17, 15) is 9.59 Å². The highest BCUT2D eigenvalue weighted by Gasteiger charge is 2.40. The molecule has 6 heteroatoms. The molecule has 96 valence electrons. The number of nitrogens with zero attached hydrogens (tertiary/aromatic N) is 1. The molecule has 0 aromatic carbocycles. The maximum absolute atomic E-state index is 12.1. The number of rotatable bonds is 3. The topological polar surface area (TPSA) is 92.9 Å². The van der Waals surface area contributed by atoms with Gasteiger partial charge < -0.3 is 20.5 Å². The molecule has 2 fully saturated rings. The molecule has 0 aromatic heterocycles. The number of carbonyl (C=O) groups is 2. The molecule has 0 bridgehead atoms. The van der Waals surface area contributed by atoms with Crippen molar-refractivity contribution in [2.75, 3.05) is 13.1 Å². The first kappa shape index (κ1) is 12.3. The second-order valence-corrected chi connectivity index (χ2v) is 4.59. The van der Waals surface area contributed by atoms with Crippen molar-refractivity contribution in [1.29, 1.82) is 0 Å². The van der Waals surface area contributed by atoms with Gasteiger partial charge in [-0.25, -0.2) is 4.79 Å². The number of hydrogen-bond acceptors (Lipinski definition) is 4. The van der Waals surface area contributed by atoms with E-state index in [1.54, 1.807) is 0 Å². The lowest BCUT2D eigenvalue weighted by Gasteiger charge is -2.24. The van der Waals surface area contributed by atoms with Gasteiger partial charge in [0, 0.05) is 13.1 Å². The van der Waals surface area contributed by atoms with Gasteiger partial charge in [-0.3, -0.25) is 4.79 Å². The molecule has 0 spiro atoms. The largest absolute Gasteiger partial charge is 0.480 e. The molecule has 1 amide bonds. The minimum absolute atomic E-state index is 0.0603. The minimum atomic E-state index is -0.927. The highest BCUT2D eigenvalue weighted by molar-refractivity contribution is 5.87. The van der Waals surface area contributed by atoms with Crippen molar-refractivity contribution in [2.45, 2.75) is 43.9 Å². The lowest BCUT2D eigenvalue weighted by atomic mass is 10.1. The Hall–Kier alpha value is -1.14. The van der Waals surface area contributed by atoms with Crippen LogP contribution in [0.15, 0.2) is 0 Å². The molecule has 3 unspecified atom stereocenters. The number of hydrogen-bond donors (Lipinski definition) is 2. The first-order valence-corrected chi connectivity index (χ1v) is 6.02. The van der Waals surface area contributed by atoms with Gasteiger partial charge in [-0.15, -0.1) is 0 Å². The van der Waals surface area contributed by atoms with Crippen LogP contribution in [-0.2, 0) is 14.3 Å². The Balaban J connectivity index is 1.98. The number of carboxylic acid groups (broad SMARTS) is 1. The van der Waals surface area contributed by atoms with E-state index in [2.05, 4.69) is 0 Å². The van der Waals surface area contributed by atoms with Crippen LogP contribution in [0.1, 0.15) is 25.7 Å². The average molecular weight is 242 g/mol. The van der Waals surface area contributed by atoms with Crippen LogP contribution in [0.4, 0.5) is 0 Å². The maximum Gasteiger partial charge on any atom is 0.326 e. The third kappa shape index (κ3) is 2.42. The molecule has 0 saturated carbocycles. The summed E-state index contributed by atoms with van der Waals surface area (Å²) in [6.45, 7) is 0.926. The fourth-order valence-corrected chi connectivity index (χ4v) is 2.53. The van der Waals surface area contributed by atoms with E-state index in [-0.39, 0.29) is 12.0 Å². The molecular formula is C11H18N2O4. The molecule has 0 aromatic rings. The second-order valence-electron chi connectivity index (χ2n) is 4.59. The fourth-order valence-electron chi connectivity index (χ4n) is 2.53. The van der Waals surface area contributed by atoms with Crippen molar-refractivity contribution in [3.05, 3.63) is 0 Å². The Labute approximate surface area is 99.7 Å². The number of likely N-dealkylation sites (tertiary alicyclic amines) is 1. The van der Waals surface area contributed by atoms with Crippen LogP contribution in [0.2, 0.25) is 0 Å². The Kier molecular flexibility index (Phi) is 3.63. The van der Waals surface area contributed by atoms with Crippen molar-refractivity contribution < 1.29 is 19.4 Å². The van der Waals surface area contributed by atoms with Crippen molar-refractivity contribution >= 4 is 11.9 Å². The van der Waals surface area contributed by atoms with E-state index in [4.69, 9.17) is 15.6 Å². The van der Waals surface area contributed by atoms with E-state index >= 15 is 0 Å². The van der Waals surface area contributed by atoms with E-state index in [0.717, 1.165) is 12.8 Å². The molecule has 0 radical (unpaired) electrons. The molecule has 0 aliphatic carbocycles. The van der Waals surface area contributed by atoms with Gasteiger partial charge in [0.05, 0.1) is 6.10 Å². The van der Waals surface area contributed by atoms with Crippen LogP contribution < -0.4 is 5.73 Å². The first-order chi connectivity index (χ1) is 8.13. The standard InChI is InChI=1S/C11H18N2O4/c12-6-7-3-4-9(17-7)10(14)13-5-1-2-8(13)11(15)16/h7-9H,1-6,12H2,(H,15,16). The van der Waals surface area contributed by atoms with Crippen molar-refractivity contribution in [3.8, 4) is 0 Å². The molecule has 2 aliphatic rings. The van der Waals surface area contributed by atoms with E-state index < -0.39 is 18.1 Å². The van der Waals surface area contributed by atoms with Gasteiger partial charge in [0.1, 0.15) is 12.1 Å². The summed E-state index contributed by atoms with van der Waals surface area (Å²) in [6, 6.07) is -0.678. The third-order valence-electron chi connectivity index (χ3n) is 3.47. The number of amides is 1. The van der Waals surface area contributed by atoms with Gasteiger partial charge in [-0.1, -0.05) is 0 Å². The molecule has 17 heavy (non-hydrogen) atoms. The molecule has 2 heterocycles. The van der Waals surface area contributed by atoms with Crippen LogP contribution in [-0.4, -0.2) is 53.2 Å². The molecular weight excluding hydrogens is 224 g/mol. The fraction of sp³-hybridized carbons (Fsp3) is 0.818. The predicted octanol–water partition coefficient (Wildman–Crippen LogP) is -0.432. The van der Waals surface area contributed by atoms with Gasteiger partial charge in [0.2, 0.25) is 0 Å². The number of ether oxygens (including phenoxy) is 1. The molecule has 2 aliphatic heterocycles. The number of nitrogens with two attached hydrogens (primary N) is 1. The molecule has 3 atom stereocenters. The first-order valence-electron chi connectivity index (χ1n) is 6.02. The summed E-state index contributed by atoms with van der Waals surface area (Å²) < 4.78 is 5.50. The normalized spacial score (nSPS) is 33.0. The quantitative estimate of drug-likeness (QED) is 0.700. The van der Waals surface area contributed by atoms with Crippen LogP contribution in [0.25, 0.3) is 0 Å². The van der Waals surface area contributed by atoms with Gasteiger partial charge in [0.25, 0.3) is 5.91 Å². The Morgan fingerprint density at radius 1 is 1.35 bits per heavy atom. The summed E-state index contributed by atoms with van der Waals surface area (Å²) in [5.74, 6) is -1.12. The van der Waals surface area contributed by atoms with Crippen molar-refractivity contribution in [1.82, 2.24) is 4.90 Å². The van der Waals surface area contributed by atoms with Gasteiger partial charge in [-0.05, 0) is 25.7 Å². The van der Waals surface area contributed by atoms with Crippen LogP contribution in [0.3, 0.4) is 0 Å². The Morgan fingerprint density at radius 2 is 2.12 bits per heavy atom. The highest BCUT2D eigenvalue weighted by atomic mass is 16.5. The van der Waals surface area contributed by atoms with Crippen molar-refractivity contribution in [3.63, 3.8) is 0 Å². The summed E-state index contributed by atoms with van der Waals surface area (Å²) in [4.78, 5) is 24.6. The van der Waals surface area contributed by atoms with Crippen LogP contribution in [0, 0.1) is 0 Å². The van der Waals surface area contributed by atoms with Gasteiger partial charge in [0.15, 0.2) is 0 Å². The van der Waals surface area contributed by atoms with Crippen molar-refractivity contribution in [2.24, 2.45) is 5.73 Å². The summed E-state index contributed by atoms with van der Waals surface area (Å²) in [5.41, 5.74) is 5.48. The Bertz CT molecular complexity index is 321. The number of carbonyl (C=O) groups excluding carboxylic acids is 1. The zero-order valence-corrected chi connectivity index (χ0v) is 9.67. The number of carboxylic acids is 1. The summed E-state index contributed by atoms with van der Waals surface area (Å²) >= 11 is 0. The summed E-state index contributed by atoms with van der Waals surface area (Å²) in [6.07, 6.45) is 2.14. The Morgan fingerprint density at radius 3 is 2.71 bits per heavy atom. The predicted molar refractivity (Wildman–Crippen MR) is 59.3 cm³/mol. The maximum atomic E-state index is 12.1. The summed E-state index contributed by atoms with van der Waals surface area (Å²) in [7, 11) is 0. The van der Waals surface area contributed by atoms with Crippen LogP contribution in [0.5, 0.6) is 0 Å². The zero-order chi connectivity index (χ0) is 12.4. The van der Waals surface area contributed by atoms with E-state index in [0.29, 0.717) is 25.9 Å². The van der Waals surface area contributed by atoms with Gasteiger partial charge in [-0.2, -0.15) is 0 Å². The average Bonchev–Trinajstić information content (AvgIpc) is 2.97. The lowest BCUT2D eigenvalue weighted by molar-refractivity contribution is -0.153. The molecule has 3 N–H and O–H groups in total. The monoisotopic (exact) mass is 242 g/mol. The number of aliphatic carboxylic acids is 1. The third-order valence-corrected chi connectivity index (χ3v) is 3.47. The highest BCUT2D eigenvalue weighted by Crippen LogP contribution is 2.25. The van der Waals surface area contributed by atoms with Gasteiger partial charge >= 0.3 is 5.97 Å². The molecule has 6 nitrogen and oxygen atoms in total. The lowest BCUT2D eigenvalue weighted by Crippen LogP contribution is -2.45. The smallest absolute Gasteiger partial charge is 0.326 e. The second kappa shape index (κ2) is 5.01. The molecule has 2 saturated heterocycles. The molecule has 2 rings (SSSR count). The van der Waals surface area contributed by atoms with E-state index in [1.807, 2.05) is 0 Å².